The molecule has 2 heterocycles. The minimum Gasteiger partial charge on any atom is -0.383 e. The van der Waals surface area contributed by atoms with Crippen molar-refractivity contribution in [2.24, 2.45) is 5.92 Å². The van der Waals surface area contributed by atoms with E-state index in [1.54, 1.807) is 13.2 Å². The van der Waals surface area contributed by atoms with Gasteiger partial charge in [0.25, 0.3) is 12.3 Å². The van der Waals surface area contributed by atoms with E-state index in [1.807, 2.05) is 4.57 Å². The molecule has 0 unspecified atom stereocenters. The fourth-order valence-electron chi connectivity index (χ4n) is 3.38. The Morgan fingerprint density at radius 3 is 2.73 bits per heavy atom. The number of rotatable bonds is 8. The molecule has 1 fully saturated rings. The van der Waals surface area contributed by atoms with Crippen LogP contribution < -0.4 is 5.32 Å². The van der Waals surface area contributed by atoms with Gasteiger partial charge in [0.05, 0.1) is 36.1 Å². The highest BCUT2D eigenvalue weighted by atomic mass is 19.3. The van der Waals surface area contributed by atoms with Crippen LogP contribution in [0.1, 0.15) is 47.3 Å². The van der Waals surface area contributed by atoms with Gasteiger partial charge in [-0.2, -0.15) is 0 Å². The average Bonchev–Trinajstić information content (AvgIpc) is 3.52. The largest absolute Gasteiger partial charge is 0.383 e. The van der Waals surface area contributed by atoms with Crippen molar-refractivity contribution in [2.75, 3.05) is 13.7 Å². The zero-order chi connectivity index (χ0) is 21.3. The van der Waals surface area contributed by atoms with Crippen LogP contribution in [-0.2, 0) is 11.3 Å². The number of imidazole rings is 1. The molecule has 0 aliphatic heterocycles. The summed E-state index contributed by atoms with van der Waals surface area (Å²) in [5, 5.41) is 2.91. The molecule has 10 heteroatoms. The van der Waals surface area contributed by atoms with Crippen molar-refractivity contribution in [1.82, 2.24) is 24.8 Å². The number of carbonyl (C=O) groups excluding carboxylic acids is 1. The Hall–Kier alpha value is -3.01. The lowest BCUT2D eigenvalue weighted by Crippen LogP contribution is -2.33. The zero-order valence-corrected chi connectivity index (χ0v) is 16.2. The summed E-state index contributed by atoms with van der Waals surface area (Å²) in [6.07, 6.45) is 0.979. The van der Waals surface area contributed by atoms with Crippen LogP contribution in [0.15, 0.2) is 30.6 Å². The fraction of sp³-hybridized carbons (Fsp3) is 0.400. The van der Waals surface area contributed by atoms with Crippen LogP contribution >= 0.6 is 0 Å². The third-order valence-corrected chi connectivity index (χ3v) is 5.05. The minimum atomic E-state index is -2.75. The predicted molar refractivity (Wildman–Crippen MR) is 101 cm³/mol. The number of hydrogen-bond donors (Lipinski definition) is 1. The highest BCUT2D eigenvalue weighted by Crippen LogP contribution is 2.41. The summed E-state index contributed by atoms with van der Waals surface area (Å²) < 4.78 is 46.2. The number of carbonyl (C=O) groups is 1. The number of amides is 1. The Balaban J connectivity index is 1.65. The van der Waals surface area contributed by atoms with E-state index in [4.69, 9.17) is 4.74 Å². The van der Waals surface area contributed by atoms with E-state index in [9.17, 15) is 18.0 Å². The van der Waals surface area contributed by atoms with Gasteiger partial charge in [0.2, 0.25) is 0 Å². The summed E-state index contributed by atoms with van der Waals surface area (Å²) in [5.41, 5.74) is 0.677. The van der Waals surface area contributed by atoms with Crippen LogP contribution in [0.4, 0.5) is 13.2 Å². The molecule has 158 valence electrons. The Morgan fingerprint density at radius 1 is 1.30 bits per heavy atom. The number of hydrogen-bond acceptors (Lipinski definition) is 5. The average molecular weight is 419 g/mol. The molecule has 0 radical (unpaired) electrons. The maximum Gasteiger partial charge on any atom is 0.281 e. The van der Waals surface area contributed by atoms with Crippen molar-refractivity contribution < 1.29 is 22.7 Å². The van der Waals surface area contributed by atoms with E-state index < -0.39 is 29.9 Å². The van der Waals surface area contributed by atoms with Crippen LogP contribution in [0.3, 0.4) is 0 Å². The van der Waals surface area contributed by atoms with E-state index in [0.717, 1.165) is 30.8 Å². The van der Waals surface area contributed by atoms with Gasteiger partial charge < -0.3 is 14.6 Å². The Kier molecular flexibility index (Phi) is 5.67. The number of halogens is 3. The summed E-state index contributed by atoms with van der Waals surface area (Å²) in [5.74, 6) is -0.158. The van der Waals surface area contributed by atoms with Crippen LogP contribution in [-0.4, -0.2) is 39.1 Å². The van der Waals surface area contributed by atoms with E-state index in [-0.39, 0.29) is 11.6 Å². The van der Waals surface area contributed by atoms with Gasteiger partial charge in [-0.1, -0.05) is 0 Å². The van der Waals surface area contributed by atoms with Gasteiger partial charge in [-0.3, -0.25) is 9.78 Å². The summed E-state index contributed by atoms with van der Waals surface area (Å²) in [4.78, 5) is 24.7. The highest BCUT2D eigenvalue weighted by Gasteiger charge is 2.37. The molecule has 0 saturated heterocycles. The SMILES string of the molecule is COCCn1c([C@@H](NC(=O)c2cnc(C(F)F)cn2)C2CC2)nc2cc(F)ccc21. The molecule has 4 rings (SSSR count). The van der Waals surface area contributed by atoms with Crippen LogP contribution in [0.2, 0.25) is 0 Å². The summed E-state index contributed by atoms with van der Waals surface area (Å²) in [6, 6.07) is 3.93. The smallest absolute Gasteiger partial charge is 0.281 e. The van der Waals surface area contributed by atoms with Crippen molar-refractivity contribution >= 4 is 16.9 Å². The van der Waals surface area contributed by atoms with Crippen molar-refractivity contribution in [3.05, 3.63) is 53.6 Å². The lowest BCUT2D eigenvalue weighted by atomic mass is 10.1. The molecule has 1 aromatic carbocycles. The second-order valence-corrected chi connectivity index (χ2v) is 7.16. The molecule has 1 amide bonds. The normalized spacial score (nSPS) is 15.0. The number of methoxy groups -OCH3 is 1. The van der Waals surface area contributed by atoms with Crippen molar-refractivity contribution in [3.63, 3.8) is 0 Å². The Morgan fingerprint density at radius 2 is 2.10 bits per heavy atom. The first-order chi connectivity index (χ1) is 14.5. The van der Waals surface area contributed by atoms with Gasteiger partial charge in [-0.25, -0.2) is 23.1 Å². The second kappa shape index (κ2) is 8.39. The number of fused-ring (bicyclic) bond motifs is 1. The maximum absolute atomic E-state index is 13.7. The Bertz CT molecular complexity index is 1050. The number of nitrogens with zero attached hydrogens (tertiary/aromatic N) is 4. The van der Waals surface area contributed by atoms with E-state index in [1.165, 1.54) is 12.1 Å². The topological polar surface area (TPSA) is 81.9 Å². The number of nitrogens with one attached hydrogen (secondary N) is 1. The third kappa shape index (κ3) is 4.13. The van der Waals surface area contributed by atoms with Gasteiger partial charge in [-0.05, 0) is 30.9 Å². The molecule has 0 spiro atoms. The molecule has 1 aliphatic rings. The minimum absolute atomic E-state index is 0.0596. The van der Waals surface area contributed by atoms with E-state index >= 15 is 0 Å². The van der Waals surface area contributed by atoms with Gasteiger partial charge >= 0.3 is 0 Å². The quantitative estimate of drug-likeness (QED) is 0.605. The van der Waals surface area contributed by atoms with Gasteiger partial charge in [-0.15, -0.1) is 0 Å². The lowest BCUT2D eigenvalue weighted by molar-refractivity contribution is 0.0921. The van der Waals surface area contributed by atoms with E-state index in [2.05, 4.69) is 20.3 Å². The summed E-state index contributed by atoms with van der Waals surface area (Å²) in [7, 11) is 1.58. The maximum atomic E-state index is 13.7. The van der Waals surface area contributed by atoms with Crippen molar-refractivity contribution in [2.45, 2.75) is 31.9 Å². The first-order valence-corrected chi connectivity index (χ1v) is 9.53. The van der Waals surface area contributed by atoms with Crippen LogP contribution in [0.5, 0.6) is 0 Å². The molecule has 7 nitrogen and oxygen atoms in total. The molecule has 1 atom stereocenters. The lowest BCUT2D eigenvalue weighted by Gasteiger charge is -2.19. The van der Waals surface area contributed by atoms with Crippen molar-refractivity contribution in [1.29, 1.82) is 0 Å². The number of aromatic nitrogens is 4. The molecule has 30 heavy (non-hydrogen) atoms. The fourth-order valence-corrected chi connectivity index (χ4v) is 3.38. The summed E-state index contributed by atoms with van der Waals surface area (Å²) >= 11 is 0. The number of benzene rings is 1. The molecule has 3 aromatic rings. The first kappa shape index (κ1) is 20.3. The standard InChI is InChI=1S/C20H20F3N5O2/c1-30-7-6-28-16-5-4-12(21)8-13(16)26-19(28)17(11-2-3-11)27-20(29)15-10-24-14(9-25-15)18(22)23/h4-5,8-11,17-18H,2-3,6-7H2,1H3,(H,27,29)/t17-/m0/s1. The molecule has 1 aliphatic carbocycles. The summed E-state index contributed by atoms with van der Waals surface area (Å²) in [6.45, 7) is 0.900. The van der Waals surface area contributed by atoms with Gasteiger partial charge in [0.1, 0.15) is 23.0 Å². The molecule has 1 saturated carbocycles. The molecular weight excluding hydrogens is 399 g/mol. The van der Waals surface area contributed by atoms with E-state index in [0.29, 0.717) is 24.5 Å². The molecule has 0 bridgehead atoms. The third-order valence-electron chi connectivity index (χ3n) is 5.05. The van der Waals surface area contributed by atoms with Crippen LogP contribution in [0.25, 0.3) is 11.0 Å². The van der Waals surface area contributed by atoms with Gasteiger partial charge in [0, 0.05) is 19.7 Å². The molecule has 1 N–H and O–H groups in total. The molecule has 2 aromatic heterocycles. The Labute approximate surface area is 170 Å². The second-order valence-electron chi connectivity index (χ2n) is 7.16. The highest BCUT2D eigenvalue weighted by molar-refractivity contribution is 5.92. The van der Waals surface area contributed by atoms with Gasteiger partial charge in [0.15, 0.2) is 0 Å². The first-order valence-electron chi connectivity index (χ1n) is 9.53. The predicted octanol–water partition coefficient (Wildman–Crippen LogP) is 3.43. The molecular formula is C20H20F3N5O2. The van der Waals surface area contributed by atoms with Crippen LogP contribution in [0, 0.1) is 11.7 Å². The zero-order valence-electron chi connectivity index (χ0n) is 16.2. The monoisotopic (exact) mass is 419 g/mol. The number of ether oxygens (including phenoxy) is 1. The van der Waals surface area contributed by atoms with Crippen molar-refractivity contribution in [3.8, 4) is 0 Å². The number of alkyl halides is 2.